The topological polar surface area (TPSA) is 20.2 Å². The highest BCUT2D eigenvalue weighted by molar-refractivity contribution is 9.11. The van der Waals surface area contributed by atoms with Gasteiger partial charge in [0.05, 0.1) is 13.3 Å². The Labute approximate surface area is 123 Å². The number of rotatable bonds is 2. The molecule has 1 atom stereocenters. The maximum Gasteiger partial charge on any atom is 0.137 e. The van der Waals surface area contributed by atoms with Crippen LogP contribution in [0, 0.1) is 5.82 Å². The van der Waals surface area contributed by atoms with Crippen LogP contribution < -0.4 is 0 Å². The number of aliphatic hydroxyl groups is 1. The van der Waals surface area contributed by atoms with Crippen LogP contribution in [-0.2, 0) is 0 Å². The Bertz CT molecular complexity index is 539. The lowest BCUT2D eigenvalue weighted by Crippen LogP contribution is -1.97. The van der Waals surface area contributed by atoms with Gasteiger partial charge in [0.2, 0.25) is 0 Å². The normalized spacial score (nSPS) is 12.8. The molecule has 0 amide bonds. The van der Waals surface area contributed by atoms with Gasteiger partial charge in [0, 0.05) is 4.88 Å². The van der Waals surface area contributed by atoms with Gasteiger partial charge in [-0.1, -0.05) is 17.7 Å². The van der Waals surface area contributed by atoms with Crippen molar-refractivity contribution in [3.8, 4) is 0 Å². The smallest absolute Gasteiger partial charge is 0.137 e. The summed E-state index contributed by atoms with van der Waals surface area (Å²) in [6.45, 7) is 0. The monoisotopic (exact) mass is 398 g/mol. The maximum absolute atomic E-state index is 13.3. The molecule has 6 heteroatoms. The number of halogens is 4. The highest BCUT2D eigenvalue weighted by Crippen LogP contribution is 2.37. The minimum Gasteiger partial charge on any atom is -0.383 e. The SMILES string of the molecule is OC(c1ccc(Br)c(F)c1)c1cc(Cl)c(Br)s1. The van der Waals surface area contributed by atoms with E-state index in [2.05, 4.69) is 31.9 Å². The Balaban J connectivity index is 2.36. The highest BCUT2D eigenvalue weighted by Gasteiger charge is 2.16. The Morgan fingerprint density at radius 2 is 2.00 bits per heavy atom. The summed E-state index contributed by atoms with van der Waals surface area (Å²) in [6, 6.07) is 6.20. The predicted octanol–water partition coefficient (Wildman–Crippen LogP) is 5.15. The van der Waals surface area contributed by atoms with Gasteiger partial charge < -0.3 is 5.11 Å². The third-order valence-electron chi connectivity index (χ3n) is 2.19. The summed E-state index contributed by atoms with van der Waals surface area (Å²) in [5.41, 5.74) is 0.496. The first kappa shape index (κ1) is 13.5. The molecular formula is C11H6Br2ClFOS. The Kier molecular flexibility index (Phi) is 4.26. The molecule has 0 bridgehead atoms. The molecule has 1 heterocycles. The number of aliphatic hydroxyl groups excluding tert-OH is 1. The van der Waals surface area contributed by atoms with Gasteiger partial charge in [-0.3, -0.25) is 0 Å². The van der Waals surface area contributed by atoms with Crippen LogP contribution in [-0.4, -0.2) is 5.11 Å². The van der Waals surface area contributed by atoms with E-state index in [1.165, 1.54) is 17.4 Å². The Morgan fingerprint density at radius 3 is 2.53 bits per heavy atom. The minimum atomic E-state index is -0.869. The van der Waals surface area contributed by atoms with Gasteiger partial charge in [-0.25, -0.2) is 4.39 Å². The van der Waals surface area contributed by atoms with Gasteiger partial charge in [0.15, 0.2) is 0 Å². The molecule has 1 nitrogen and oxygen atoms in total. The van der Waals surface area contributed by atoms with E-state index in [-0.39, 0.29) is 0 Å². The first-order valence-corrected chi connectivity index (χ1v) is 7.35. The first-order valence-electron chi connectivity index (χ1n) is 4.57. The fraction of sp³-hybridized carbons (Fsp3) is 0.0909. The fourth-order valence-electron chi connectivity index (χ4n) is 1.34. The van der Waals surface area contributed by atoms with Crippen LogP contribution in [0.1, 0.15) is 16.5 Å². The molecule has 90 valence electrons. The zero-order valence-corrected chi connectivity index (χ0v) is 13.0. The van der Waals surface area contributed by atoms with Gasteiger partial charge in [-0.2, -0.15) is 0 Å². The predicted molar refractivity (Wildman–Crippen MR) is 75.2 cm³/mol. The zero-order chi connectivity index (χ0) is 12.6. The van der Waals surface area contributed by atoms with E-state index >= 15 is 0 Å². The van der Waals surface area contributed by atoms with Crippen molar-refractivity contribution in [3.63, 3.8) is 0 Å². The van der Waals surface area contributed by atoms with Crippen LogP contribution in [0.15, 0.2) is 32.5 Å². The first-order chi connectivity index (χ1) is 7.99. The average Bonchev–Trinajstić information content (AvgIpc) is 2.62. The Morgan fingerprint density at radius 1 is 1.29 bits per heavy atom. The lowest BCUT2D eigenvalue weighted by atomic mass is 10.1. The van der Waals surface area contributed by atoms with Crippen molar-refractivity contribution >= 4 is 54.8 Å². The van der Waals surface area contributed by atoms with E-state index in [0.717, 1.165) is 3.79 Å². The summed E-state index contributed by atoms with van der Waals surface area (Å²) in [5, 5.41) is 10.6. The van der Waals surface area contributed by atoms with Crippen molar-refractivity contribution in [2.45, 2.75) is 6.10 Å². The molecule has 2 rings (SSSR count). The number of benzene rings is 1. The van der Waals surface area contributed by atoms with Crippen LogP contribution in [0.4, 0.5) is 4.39 Å². The van der Waals surface area contributed by atoms with Crippen LogP contribution in [0.25, 0.3) is 0 Å². The summed E-state index contributed by atoms with van der Waals surface area (Å²) in [5.74, 6) is -0.400. The maximum atomic E-state index is 13.3. The van der Waals surface area contributed by atoms with Crippen molar-refractivity contribution in [2.24, 2.45) is 0 Å². The van der Waals surface area contributed by atoms with E-state index in [9.17, 15) is 9.50 Å². The van der Waals surface area contributed by atoms with Crippen LogP contribution in [0.3, 0.4) is 0 Å². The van der Waals surface area contributed by atoms with Crippen molar-refractivity contribution in [1.82, 2.24) is 0 Å². The van der Waals surface area contributed by atoms with Gasteiger partial charge in [0.25, 0.3) is 0 Å². The third-order valence-corrected chi connectivity index (χ3v) is 5.36. The highest BCUT2D eigenvalue weighted by atomic mass is 79.9. The van der Waals surface area contributed by atoms with Gasteiger partial charge in [-0.05, 0) is 55.6 Å². The van der Waals surface area contributed by atoms with Gasteiger partial charge in [0.1, 0.15) is 11.9 Å². The molecule has 0 saturated heterocycles. The quantitative estimate of drug-likeness (QED) is 0.739. The molecular weight excluding hydrogens is 394 g/mol. The van der Waals surface area contributed by atoms with E-state index in [4.69, 9.17) is 11.6 Å². The molecule has 0 spiro atoms. The summed E-state index contributed by atoms with van der Waals surface area (Å²) < 4.78 is 14.5. The zero-order valence-electron chi connectivity index (χ0n) is 8.25. The summed E-state index contributed by atoms with van der Waals surface area (Å²) >= 11 is 13.6. The lowest BCUT2D eigenvalue weighted by Gasteiger charge is -2.09. The van der Waals surface area contributed by atoms with Gasteiger partial charge >= 0.3 is 0 Å². The molecule has 1 aromatic carbocycles. The Hall–Kier alpha value is 0.0600. The van der Waals surface area contributed by atoms with Gasteiger partial charge in [-0.15, -0.1) is 11.3 Å². The fourth-order valence-corrected chi connectivity index (χ4v) is 3.35. The second-order valence-electron chi connectivity index (χ2n) is 3.35. The molecule has 1 N–H and O–H groups in total. The molecule has 1 unspecified atom stereocenters. The van der Waals surface area contributed by atoms with Crippen molar-refractivity contribution in [1.29, 1.82) is 0 Å². The van der Waals surface area contributed by atoms with E-state index in [1.54, 1.807) is 18.2 Å². The molecule has 0 aliphatic carbocycles. The van der Waals surface area contributed by atoms with Crippen LogP contribution in [0.5, 0.6) is 0 Å². The summed E-state index contributed by atoms with van der Waals surface area (Å²) in [7, 11) is 0. The number of hydrogen-bond acceptors (Lipinski definition) is 2. The van der Waals surface area contributed by atoms with Crippen molar-refractivity contribution < 1.29 is 9.50 Å². The largest absolute Gasteiger partial charge is 0.383 e. The molecule has 0 aliphatic rings. The van der Waals surface area contributed by atoms with E-state index in [0.29, 0.717) is 19.9 Å². The molecule has 17 heavy (non-hydrogen) atoms. The second-order valence-corrected chi connectivity index (χ2v) is 7.01. The second kappa shape index (κ2) is 5.36. The third kappa shape index (κ3) is 2.90. The van der Waals surface area contributed by atoms with E-state index < -0.39 is 11.9 Å². The molecule has 0 fully saturated rings. The standard InChI is InChI=1S/C11H6Br2ClFOS/c12-6-2-1-5(3-8(6)15)10(16)9-4-7(14)11(13)17-9/h1-4,10,16H. The minimum absolute atomic E-state index is 0.374. The molecule has 1 aromatic heterocycles. The molecule has 2 aromatic rings. The van der Waals surface area contributed by atoms with Crippen LogP contribution >= 0.6 is 54.8 Å². The number of thiophene rings is 1. The van der Waals surface area contributed by atoms with Crippen molar-refractivity contribution in [2.75, 3.05) is 0 Å². The van der Waals surface area contributed by atoms with E-state index in [1.807, 2.05) is 0 Å². The molecule has 0 aliphatic heterocycles. The lowest BCUT2D eigenvalue weighted by molar-refractivity contribution is 0.223. The number of hydrogen-bond donors (Lipinski definition) is 1. The molecule has 0 saturated carbocycles. The molecule has 0 radical (unpaired) electrons. The average molecular weight is 400 g/mol. The van der Waals surface area contributed by atoms with Crippen molar-refractivity contribution in [3.05, 3.63) is 53.8 Å². The van der Waals surface area contributed by atoms with Crippen LogP contribution in [0.2, 0.25) is 5.02 Å². The summed E-state index contributed by atoms with van der Waals surface area (Å²) in [6.07, 6.45) is -0.869. The summed E-state index contributed by atoms with van der Waals surface area (Å²) in [4.78, 5) is 0.670.